The zero-order chi connectivity index (χ0) is 13.1. The number of amidine groups is 1. The molecule has 0 spiro atoms. The van der Waals surface area contributed by atoms with E-state index in [4.69, 9.17) is 10.9 Å². The van der Waals surface area contributed by atoms with Crippen LogP contribution < -0.4 is 5.73 Å². The van der Waals surface area contributed by atoms with Gasteiger partial charge in [-0.05, 0) is 39.5 Å². The quantitative estimate of drug-likeness (QED) is 0.383. The van der Waals surface area contributed by atoms with Crippen LogP contribution in [-0.2, 0) is 0 Å². The van der Waals surface area contributed by atoms with Gasteiger partial charge in [-0.3, -0.25) is 0 Å². The van der Waals surface area contributed by atoms with E-state index in [1.807, 2.05) is 17.5 Å². The molecule has 3 N–H and O–H groups in total. The predicted molar refractivity (Wildman–Crippen MR) is 75.1 cm³/mol. The Balaban J connectivity index is 2.38. The van der Waals surface area contributed by atoms with Gasteiger partial charge in [0.25, 0.3) is 0 Å². The molecule has 0 amide bonds. The minimum atomic E-state index is -0.419. The minimum Gasteiger partial charge on any atom is -0.409 e. The molecule has 2 rings (SSSR count). The van der Waals surface area contributed by atoms with Crippen LogP contribution in [-0.4, -0.2) is 11.0 Å². The summed E-state index contributed by atoms with van der Waals surface area (Å²) in [5.41, 5.74) is 5.77. The fourth-order valence-corrected chi connectivity index (χ4v) is 3.74. The number of hydrogen-bond acceptors (Lipinski definition) is 4. The van der Waals surface area contributed by atoms with Crippen LogP contribution >= 0.6 is 39.0 Å². The summed E-state index contributed by atoms with van der Waals surface area (Å²) in [6.45, 7) is 0. The van der Waals surface area contributed by atoms with Crippen molar-refractivity contribution in [2.75, 3.05) is 0 Å². The lowest BCUT2D eigenvalue weighted by molar-refractivity contribution is 0.318. The van der Waals surface area contributed by atoms with Crippen LogP contribution in [0.15, 0.2) is 48.4 Å². The molecule has 0 fully saturated rings. The van der Waals surface area contributed by atoms with E-state index in [0.717, 1.165) is 4.21 Å². The van der Waals surface area contributed by atoms with E-state index in [0.29, 0.717) is 10.5 Å². The Morgan fingerprint density at radius 3 is 2.83 bits per heavy atom. The van der Waals surface area contributed by atoms with Gasteiger partial charge >= 0.3 is 0 Å². The average Bonchev–Trinajstić information content (AvgIpc) is 2.87. The largest absolute Gasteiger partial charge is 0.409 e. The van der Waals surface area contributed by atoms with Gasteiger partial charge in [0.2, 0.25) is 0 Å². The Kier molecular flexibility index (Phi) is 4.26. The van der Waals surface area contributed by atoms with Crippen molar-refractivity contribution < 1.29 is 9.60 Å². The third-order valence-corrected chi connectivity index (χ3v) is 4.98. The first kappa shape index (κ1) is 13.4. The van der Waals surface area contributed by atoms with Gasteiger partial charge < -0.3 is 10.9 Å². The summed E-state index contributed by atoms with van der Waals surface area (Å²) in [5, 5.41) is 13.4. The maximum Gasteiger partial charge on any atom is 0.171 e. The number of halogens is 2. The summed E-state index contributed by atoms with van der Waals surface area (Å²) in [6.07, 6.45) is 0. The first-order valence-corrected chi connectivity index (χ1v) is 7.29. The van der Waals surface area contributed by atoms with Crippen molar-refractivity contribution in [2.24, 2.45) is 10.9 Å². The summed E-state index contributed by atoms with van der Waals surface area (Å²) >= 11 is 5.99. The monoisotopic (exact) mass is 346 g/mol. The lowest BCUT2D eigenvalue weighted by Gasteiger charge is -2.07. The number of hydrogen-bond donors (Lipinski definition) is 2. The molecule has 1 heterocycles. The van der Waals surface area contributed by atoms with E-state index in [1.165, 1.54) is 23.1 Å². The molecule has 18 heavy (non-hydrogen) atoms. The van der Waals surface area contributed by atoms with Crippen LogP contribution in [0.4, 0.5) is 4.39 Å². The third kappa shape index (κ3) is 2.68. The van der Waals surface area contributed by atoms with E-state index in [1.54, 1.807) is 12.1 Å². The fraction of sp³-hybridized carbons (Fsp3) is 0. The highest BCUT2D eigenvalue weighted by molar-refractivity contribution is 9.10. The maximum atomic E-state index is 14.1. The maximum absolute atomic E-state index is 14.1. The lowest BCUT2D eigenvalue weighted by atomic mass is 10.2. The molecule has 0 saturated carbocycles. The van der Waals surface area contributed by atoms with Gasteiger partial charge in [0.05, 0.1) is 13.6 Å². The molecule has 2 aromatic rings. The van der Waals surface area contributed by atoms with Gasteiger partial charge in [-0.1, -0.05) is 23.0 Å². The van der Waals surface area contributed by atoms with E-state index >= 15 is 0 Å². The van der Waals surface area contributed by atoms with Gasteiger partial charge in [-0.15, -0.1) is 11.3 Å². The minimum absolute atomic E-state index is 0.131. The summed E-state index contributed by atoms with van der Waals surface area (Å²) in [7, 11) is 0. The van der Waals surface area contributed by atoms with Crippen molar-refractivity contribution in [1.29, 1.82) is 0 Å². The standard InChI is InChI=1S/C11H8BrFN2OS2/c12-9-6(11(14)15-16)3-4-7(10(9)13)18-8-2-1-5-17-8/h1-5,16H,(H2,14,15). The Morgan fingerprint density at radius 2 is 2.22 bits per heavy atom. The second-order valence-corrected chi connectivity index (χ2v) is 6.34. The number of nitrogens with two attached hydrogens (primary N) is 1. The fourth-order valence-electron chi connectivity index (χ4n) is 1.29. The van der Waals surface area contributed by atoms with Crippen molar-refractivity contribution in [2.45, 2.75) is 9.10 Å². The first-order valence-electron chi connectivity index (χ1n) is 4.80. The molecule has 0 saturated heterocycles. The number of thiophene rings is 1. The zero-order valence-corrected chi connectivity index (χ0v) is 12.1. The molecular weight excluding hydrogens is 339 g/mol. The summed E-state index contributed by atoms with van der Waals surface area (Å²) in [4.78, 5) is 0.485. The van der Waals surface area contributed by atoms with Crippen molar-refractivity contribution in [1.82, 2.24) is 0 Å². The highest BCUT2D eigenvalue weighted by Crippen LogP contribution is 2.36. The highest BCUT2D eigenvalue weighted by atomic mass is 79.9. The van der Waals surface area contributed by atoms with Crippen molar-refractivity contribution in [3.8, 4) is 0 Å². The number of nitrogens with zero attached hydrogens (tertiary/aromatic N) is 1. The molecular formula is C11H8BrFN2OS2. The molecule has 0 aliphatic rings. The Hall–Kier alpha value is -1.05. The van der Waals surface area contributed by atoms with Crippen LogP contribution in [0.1, 0.15) is 5.56 Å². The van der Waals surface area contributed by atoms with Gasteiger partial charge in [0, 0.05) is 5.56 Å². The topological polar surface area (TPSA) is 58.6 Å². The van der Waals surface area contributed by atoms with E-state index in [2.05, 4.69) is 21.1 Å². The normalized spacial score (nSPS) is 11.8. The van der Waals surface area contributed by atoms with E-state index in [-0.39, 0.29) is 10.3 Å². The summed E-state index contributed by atoms with van der Waals surface area (Å²) in [5.74, 6) is -0.550. The molecule has 0 radical (unpaired) electrons. The van der Waals surface area contributed by atoms with Crippen LogP contribution in [0, 0.1) is 5.82 Å². The average molecular weight is 347 g/mol. The molecule has 0 unspecified atom stereocenters. The first-order chi connectivity index (χ1) is 8.63. The van der Waals surface area contributed by atoms with Crippen molar-refractivity contribution in [3.63, 3.8) is 0 Å². The van der Waals surface area contributed by atoms with Crippen LogP contribution in [0.25, 0.3) is 0 Å². The van der Waals surface area contributed by atoms with Crippen molar-refractivity contribution in [3.05, 3.63) is 45.5 Å². The molecule has 0 aliphatic carbocycles. The lowest BCUT2D eigenvalue weighted by Crippen LogP contribution is -2.14. The van der Waals surface area contributed by atoms with Crippen molar-refractivity contribution >= 4 is 44.9 Å². The van der Waals surface area contributed by atoms with E-state index < -0.39 is 5.82 Å². The van der Waals surface area contributed by atoms with Gasteiger partial charge in [0.1, 0.15) is 0 Å². The van der Waals surface area contributed by atoms with Crippen LogP contribution in [0.3, 0.4) is 0 Å². The Morgan fingerprint density at radius 1 is 1.44 bits per heavy atom. The Labute approximate surface area is 120 Å². The number of rotatable bonds is 3. The predicted octanol–water partition coefficient (Wildman–Crippen LogP) is 3.90. The SMILES string of the molecule is N/C(=N/O)c1ccc(Sc2cccs2)c(F)c1Br. The number of benzene rings is 1. The van der Waals surface area contributed by atoms with Crippen LogP contribution in [0.5, 0.6) is 0 Å². The molecule has 0 bridgehead atoms. The molecule has 1 aromatic heterocycles. The molecule has 94 valence electrons. The van der Waals surface area contributed by atoms with Gasteiger partial charge in [0.15, 0.2) is 11.7 Å². The van der Waals surface area contributed by atoms with Gasteiger partial charge in [-0.2, -0.15) is 0 Å². The second-order valence-electron chi connectivity index (χ2n) is 3.26. The molecule has 1 aromatic carbocycles. The molecule has 7 heteroatoms. The van der Waals surface area contributed by atoms with Gasteiger partial charge in [-0.25, -0.2) is 4.39 Å². The molecule has 3 nitrogen and oxygen atoms in total. The van der Waals surface area contributed by atoms with E-state index in [9.17, 15) is 4.39 Å². The zero-order valence-electron chi connectivity index (χ0n) is 8.93. The molecule has 0 atom stereocenters. The second kappa shape index (κ2) is 5.73. The summed E-state index contributed by atoms with van der Waals surface area (Å²) in [6, 6.07) is 7.04. The van der Waals surface area contributed by atoms with Crippen LogP contribution in [0.2, 0.25) is 0 Å². The number of oxime groups is 1. The summed E-state index contributed by atoms with van der Waals surface area (Å²) < 4.78 is 15.3. The third-order valence-electron chi connectivity index (χ3n) is 2.14. The molecule has 0 aliphatic heterocycles. The smallest absolute Gasteiger partial charge is 0.171 e. The Bertz CT molecular complexity index is 587. The highest BCUT2D eigenvalue weighted by Gasteiger charge is 2.15.